The Morgan fingerprint density at radius 3 is 1.28 bits per heavy atom. The zero-order valence-corrected chi connectivity index (χ0v) is 56.8. The highest BCUT2D eigenvalue weighted by Gasteiger charge is 2.20. The van der Waals surface area contributed by atoms with Crippen LogP contribution in [0.1, 0.15) is 59.8 Å². The second kappa shape index (κ2) is 39.1. The highest BCUT2D eigenvalue weighted by Crippen LogP contribution is 2.26. The molecule has 24 heteroatoms. The number of tetrazole rings is 2. The number of hydrogen-bond acceptors (Lipinski definition) is 18. The molecule has 0 spiro atoms. The van der Waals surface area contributed by atoms with Crippen LogP contribution in [-0.2, 0) is 35.5 Å². The number of nitrogens with one attached hydrogen (secondary N) is 4. The van der Waals surface area contributed by atoms with E-state index in [1.807, 2.05) is 147 Å². The van der Waals surface area contributed by atoms with Crippen molar-refractivity contribution in [3.8, 4) is 22.8 Å². The number of anilines is 2. The minimum Gasteiger partial charge on any atom is -0.489 e. The number of aromatic nitrogens is 12. The fourth-order valence-corrected chi connectivity index (χ4v) is 10.0. The first-order valence-electron chi connectivity index (χ1n) is 29.9. The summed E-state index contributed by atoms with van der Waals surface area (Å²) in [6.45, 7) is 23.0. The lowest BCUT2D eigenvalue weighted by molar-refractivity contribution is 0.161. The minimum atomic E-state index is -1.43. The van der Waals surface area contributed by atoms with Crippen LogP contribution in [0.5, 0.6) is 11.5 Å². The van der Waals surface area contributed by atoms with Gasteiger partial charge in [-0.15, -0.1) is 20.4 Å². The summed E-state index contributed by atoms with van der Waals surface area (Å²) < 4.78 is 22.8. The number of benzene rings is 6. The summed E-state index contributed by atoms with van der Waals surface area (Å²) >= 11 is 2.15. The van der Waals surface area contributed by atoms with Crippen molar-refractivity contribution in [2.75, 3.05) is 37.1 Å². The maximum Gasteiger partial charge on any atom is 0.488 e. The molecule has 4 heterocycles. The molecule has 10 aromatic rings. The van der Waals surface area contributed by atoms with Crippen LogP contribution in [0.2, 0.25) is 51.4 Å². The molecule has 10 rings (SSSR count). The average molecular weight is 1360 g/mol. The molecule has 4 aromatic heterocycles. The molecule has 0 saturated heterocycles. The molecule has 0 bridgehead atoms. The maximum atomic E-state index is 8.94. The quantitative estimate of drug-likeness (QED) is 0.0127. The molecule has 0 saturated carbocycles. The van der Waals surface area contributed by atoms with Crippen molar-refractivity contribution < 1.29 is 29.0 Å². The molecule has 0 radical (unpaired) electrons. The predicted molar refractivity (Wildman–Crippen MR) is 371 cm³/mol. The lowest BCUT2D eigenvalue weighted by atomic mass is 9.80. The summed E-state index contributed by atoms with van der Waals surface area (Å²) in [5.41, 5.74) is 6.80. The van der Waals surface area contributed by atoms with E-state index in [0.29, 0.717) is 48.3 Å². The van der Waals surface area contributed by atoms with Crippen LogP contribution in [0.3, 0.4) is 0 Å². The van der Waals surface area contributed by atoms with E-state index in [2.05, 4.69) is 158 Å². The largest absolute Gasteiger partial charge is 0.489 e. The summed E-state index contributed by atoms with van der Waals surface area (Å²) in [5, 5.41) is 53.5. The third-order valence-electron chi connectivity index (χ3n) is 13.1. The highest BCUT2D eigenvalue weighted by atomic mass is 127. The Balaban J connectivity index is 0.000000198. The van der Waals surface area contributed by atoms with E-state index < -0.39 is 23.3 Å². The Kier molecular flexibility index (Phi) is 30.8. The van der Waals surface area contributed by atoms with Gasteiger partial charge < -0.3 is 39.6 Å². The van der Waals surface area contributed by atoms with Crippen molar-refractivity contribution in [2.45, 2.75) is 103 Å². The molecule has 6 N–H and O–H groups in total. The van der Waals surface area contributed by atoms with Gasteiger partial charge in [-0.05, 0) is 113 Å². The first kappa shape index (κ1) is 71.0. The number of aromatic amines is 2. The molecular weight excluding hydrogens is 1280 g/mol. The molecule has 6 aromatic carbocycles. The number of rotatable bonds is 26. The molecule has 0 aliphatic carbocycles. The smallest absolute Gasteiger partial charge is 0.488 e. The van der Waals surface area contributed by atoms with Crippen molar-refractivity contribution in [3.05, 3.63) is 232 Å². The fourth-order valence-electron chi connectivity index (χ4n) is 8.10. The Hall–Kier alpha value is -8.11. The Morgan fingerprint density at radius 2 is 0.900 bits per heavy atom. The first-order chi connectivity index (χ1) is 43.5. The van der Waals surface area contributed by atoms with Gasteiger partial charge in [0, 0.05) is 73.1 Å². The van der Waals surface area contributed by atoms with Crippen molar-refractivity contribution in [1.29, 1.82) is 0 Å². The van der Waals surface area contributed by atoms with Gasteiger partial charge in [-0.3, -0.25) is 0 Å². The maximum absolute atomic E-state index is 8.94. The molecule has 90 heavy (non-hydrogen) atoms. The number of ether oxygens (including phenoxy) is 4. The molecule has 472 valence electrons. The normalized spacial score (nSPS) is 11.5. The standard InChI is InChI=1S/C26H23N7O.C13H13BO3.C13H12IN7.2C7H18OSi/c1-3-7-19(8-4-1)15-24(26-30-32-33-31-26)29-25-16-23(27-18-28-25)21-11-13-22(14-12-21)34-17-20-9-5-2-6-10-20;15-14(16)12-6-8-13(9-7-12)17-10-11-4-2-1-3-5-11;14-11-7-12(16-8-15-11)17-10(13-18-20-21-19-13)6-9-4-2-1-3-5-9;2*1-5-8-6-7-9(2,3)4/h1-14,16,18,24H,15,17H2,(H,27,28,29)(H,30,31,32,33);1-9,15-16H,10H2;1-5,7-8,10H,6H2,(H,15,16,17)(H,18,19,20,21);2*5-7H2,1-4H3. The van der Waals surface area contributed by atoms with E-state index in [4.69, 9.17) is 29.0 Å². The first-order valence-corrected chi connectivity index (χ1v) is 38.4. The van der Waals surface area contributed by atoms with E-state index in [-0.39, 0.29) is 12.1 Å². The van der Waals surface area contributed by atoms with Crippen molar-refractivity contribution in [1.82, 2.24) is 61.2 Å². The van der Waals surface area contributed by atoms with Gasteiger partial charge in [0.2, 0.25) is 0 Å². The number of halogens is 1. The number of hydrogen-bond donors (Lipinski definition) is 6. The summed E-state index contributed by atoms with van der Waals surface area (Å²) in [6, 6.07) is 60.9. The molecule has 2 unspecified atom stereocenters. The second-order valence-electron chi connectivity index (χ2n) is 22.9. The minimum absolute atomic E-state index is 0.114. The third kappa shape index (κ3) is 28.6. The van der Waals surface area contributed by atoms with Crippen molar-refractivity contribution in [2.24, 2.45) is 0 Å². The Morgan fingerprint density at radius 1 is 0.500 bits per heavy atom. The summed E-state index contributed by atoms with van der Waals surface area (Å²) in [4.78, 5) is 17.1. The molecule has 0 aliphatic heterocycles. The van der Waals surface area contributed by atoms with Crippen molar-refractivity contribution in [3.63, 3.8) is 0 Å². The highest BCUT2D eigenvalue weighted by molar-refractivity contribution is 14.1. The predicted octanol–water partition coefficient (Wildman–Crippen LogP) is 12.3. The second-order valence-corrected chi connectivity index (χ2v) is 35.2. The van der Waals surface area contributed by atoms with Crippen LogP contribution in [-0.4, -0.2) is 121 Å². The van der Waals surface area contributed by atoms with Gasteiger partial charge in [-0.1, -0.05) is 183 Å². The van der Waals surface area contributed by atoms with Gasteiger partial charge in [-0.25, -0.2) is 19.9 Å². The summed E-state index contributed by atoms with van der Waals surface area (Å²) in [6.07, 6.45) is 4.50. The van der Waals surface area contributed by atoms with Gasteiger partial charge in [0.05, 0.1) is 17.8 Å². The van der Waals surface area contributed by atoms with Crippen LogP contribution >= 0.6 is 22.6 Å². The van der Waals surface area contributed by atoms with Gasteiger partial charge in [0.15, 0.2) is 11.6 Å². The SMILES string of the molecule is CCOCC[Si](C)(C)C.CCOCC[Si](C)(C)C.Ic1cc(NC(Cc2ccccc2)c2nn[nH]n2)ncn1.OB(O)c1ccc(OCc2ccccc2)cc1.c1ccc(COc2ccc(-c3cc(NC(Cc4ccccc4)c4nn[nH]n4)ncn3)cc2)cc1. The van der Waals surface area contributed by atoms with E-state index >= 15 is 0 Å². The molecular formula is C66H84BIN14O6Si2. The zero-order chi connectivity index (χ0) is 64.2. The van der Waals surface area contributed by atoms with E-state index in [0.717, 1.165) is 76.1 Å². The monoisotopic (exact) mass is 1360 g/mol. The molecule has 2 atom stereocenters. The summed E-state index contributed by atoms with van der Waals surface area (Å²) in [5.74, 6) is 4.11. The molecule has 0 amide bonds. The van der Waals surface area contributed by atoms with Gasteiger partial charge in [-0.2, -0.15) is 10.4 Å². The molecule has 20 nitrogen and oxygen atoms in total. The van der Waals surface area contributed by atoms with Crippen LogP contribution in [0.15, 0.2) is 195 Å². The lowest BCUT2D eigenvalue weighted by Crippen LogP contribution is -2.29. The average Bonchev–Trinajstić information content (AvgIpc) is 3.15. The topological polar surface area (TPSA) is 262 Å². The van der Waals surface area contributed by atoms with E-state index in [9.17, 15) is 0 Å². The van der Waals surface area contributed by atoms with Gasteiger partial charge in [0.25, 0.3) is 0 Å². The Labute approximate surface area is 545 Å². The fraction of sp³-hybridized carbons (Fsp3) is 0.303. The molecule has 0 aliphatic rings. The number of nitrogens with zero attached hydrogens (tertiary/aromatic N) is 10. The van der Waals surface area contributed by atoms with E-state index in [1.54, 1.807) is 30.6 Å². The van der Waals surface area contributed by atoms with Crippen LogP contribution in [0.4, 0.5) is 11.6 Å². The van der Waals surface area contributed by atoms with Crippen LogP contribution < -0.4 is 25.6 Å². The Bertz CT molecular complexity index is 3440. The van der Waals surface area contributed by atoms with E-state index in [1.165, 1.54) is 24.0 Å². The molecule has 0 fully saturated rings. The number of H-pyrrole nitrogens is 2. The third-order valence-corrected chi connectivity index (χ3v) is 17.1. The van der Waals surface area contributed by atoms with Crippen molar-refractivity contribution >= 4 is 63.0 Å². The van der Waals surface area contributed by atoms with Gasteiger partial charge in [0.1, 0.15) is 52.7 Å². The van der Waals surface area contributed by atoms with Crippen LogP contribution in [0, 0.1) is 3.70 Å². The summed E-state index contributed by atoms with van der Waals surface area (Å²) in [7, 11) is -3.07. The van der Waals surface area contributed by atoms with Crippen LogP contribution in [0.25, 0.3) is 11.3 Å². The lowest BCUT2D eigenvalue weighted by Gasteiger charge is -2.16. The van der Waals surface area contributed by atoms with Gasteiger partial charge >= 0.3 is 7.12 Å². The zero-order valence-electron chi connectivity index (χ0n) is 52.7.